The van der Waals surface area contributed by atoms with E-state index in [1.165, 1.54) is 23.1 Å². The minimum Gasteiger partial charge on any atom is -0.491 e. The average molecular weight is 544 g/mol. The van der Waals surface area contributed by atoms with Crippen LogP contribution in [0.2, 0.25) is 0 Å². The normalized spacial score (nSPS) is 24.1. The number of anilines is 1. The van der Waals surface area contributed by atoms with Gasteiger partial charge in [-0.1, -0.05) is 6.92 Å². The summed E-state index contributed by atoms with van der Waals surface area (Å²) in [4.78, 5) is 42.0. The molecule has 2 aliphatic heterocycles. The minimum absolute atomic E-state index is 0.0236. The Labute approximate surface area is 220 Å². The minimum atomic E-state index is -4.66. The predicted molar refractivity (Wildman–Crippen MR) is 133 cm³/mol. The molecule has 1 fully saturated rings. The summed E-state index contributed by atoms with van der Waals surface area (Å²) < 4.78 is 54.9. The Morgan fingerprint density at radius 1 is 1.16 bits per heavy atom. The molecule has 3 amide bonds. The average Bonchev–Trinajstić information content (AvgIpc) is 2.87. The van der Waals surface area contributed by atoms with E-state index in [1.54, 1.807) is 14.2 Å². The highest BCUT2D eigenvalue weighted by Crippen LogP contribution is 2.28. The summed E-state index contributed by atoms with van der Waals surface area (Å²) in [6.07, 6.45) is -5.40. The zero-order chi connectivity index (χ0) is 28.0. The molecule has 1 aromatic carbocycles. The molecule has 0 radical (unpaired) electrons. The maximum absolute atomic E-state index is 13.5. The lowest BCUT2D eigenvalue weighted by atomic mass is 9.95. The van der Waals surface area contributed by atoms with Crippen LogP contribution in [0.3, 0.4) is 0 Å². The summed E-state index contributed by atoms with van der Waals surface area (Å²) in [5.41, 5.74) is 0.117. The van der Waals surface area contributed by atoms with Gasteiger partial charge in [-0.2, -0.15) is 13.2 Å². The maximum Gasteiger partial charge on any atom is 0.397 e. The third-order valence-corrected chi connectivity index (χ3v) is 6.94. The second-order valence-corrected chi connectivity index (χ2v) is 10.0. The number of nitrogens with zero attached hydrogens (tertiary/aromatic N) is 2. The van der Waals surface area contributed by atoms with Gasteiger partial charge in [0.05, 0.1) is 17.7 Å². The van der Waals surface area contributed by atoms with Gasteiger partial charge in [-0.3, -0.25) is 14.4 Å². The summed E-state index contributed by atoms with van der Waals surface area (Å²) in [6.45, 7) is 5.60. The molecule has 3 atom stereocenters. The molecule has 1 N–H and O–H groups in total. The molecule has 0 aliphatic carbocycles. The van der Waals surface area contributed by atoms with Gasteiger partial charge >= 0.3 is 6.18 Å². The summed E-state index contributed by atoms with van der Waals surface area (Å²) >= 11 is 0. The molecule has 0 spiro atoms. The molecule has 0 unspecified atom stereocenters. The van der Waals surface area contributed by atoms with Crippen molar-refractivity contribution in [3.05, 3.63) is 23.8 Å². The number of likely N-dealkylation sites (N-methyl/N-ethyl adjacent to an activating group) is 1. The lowest BCUT2D eigenvalue weighted by molar-refractivity contribution is -0.150. The molecule has 0 bridgehead atoms. The fourth-order valence-electron chi connectivity index (χ4n) is 4.73. The zero-order valence-corrected chi connectivity index (χ0v) is 22.2. The quantitative estimate of drug-likeness (QED) is 0.626. The highest BCUT2D eigenvalue weighted by Gasteiger charge is 2.34. The molecular weight excluding hydrogens is 507 g/mol. The molecule has 1 aromatic rings. The number of halogens is 3. The summed E-state index contributed by atoms with van der Waals surface area (Å²) in [7, 11) is 3.13. The molecule has 38 heavy (non-hydrogen) atoms. The topological polar surface area (TPSA) is 97.4 Å². The SMILES string of the molecule is CO[C@H]1CN(C)C(=O)c2cc(NC(=O)CC(F)(F)F)ccc2OC[C@H](C)N(C(=O)C2CCOCC2)C[C@H]1C. The Balaban J connectivity index is 1.91. The Hall–Kier alpha value is -2.86. The van der Waals surface area contributed by atoms with Crippen molar-refractivity contribution in [2.24, 2.45) is 11.8 Å². The Kier molecular flexibility index (Phi) is 10.00. The summed E-state index contributed by atoms with van der Waals surface area (Å²) in [5.74, 6) is -1.72. The monoisotopic (exact) mass is 543 g/mol. The molecule has 2 aliphatic rings. The molecule has 2 heterocycles. The van der Waals surface area contributed by atoms with Crippen LogP contribution >= 0.6 is 0 Å². The maximum atomic E-state index is 13.5. The van der Waals surface area contributed by atoms with Crippen LogP contribution in [-0.2, 0) is 19.1 Å². The van der Waals surface area contributed by atoms with Crippen molar-refractivity contribution in [1.29, 1.82) is 0 Å². The number of carbonyl (C=O) groups excluding carboxylic acids is 3. The third-order valence-electron chi connectivity index (χ3n) is 6.94. The molecule has 9 nitrogen and oxygen atoms in total. The molecule has 212 valence electrons. The van der Waals surface area contributed by atoms with E-state index in [0.29, 0.717) is 32.6 Å². The lowest BCUT2D eigenvalue weighted by Crippen LogP contribution is -2.50. The lowest BCUT2D eigenvalue weighted by Gasteiger charge is -2.38. The number of alkyl halides is 3. The van der Waals surface area contributed by atoms with Crippen LogP contribution in [-0.4, -0.2) is 92.9 Å². The molecular formula is C26H36F3N3O6. The first kappa shape index (κ1) is 29.7. The van der Waals surface area contributed by atoms with Gasteiger partial charge in [-0.05, 0) is 38.0 Å². The van der Waals surface area contributed by atoms with Crippen LogP contribution in [0.4, 0.5) is 18.9 Å². The number of hydrogen-bond donors (Lipinski definition) is 1. The first-order valence-electron chi connectivity index (χ1n) is 12.7. The summed E-state index contributed by atoms with van der Waals surface area (Å²) in [6, 6.07) is 3.78. The smallest absolute Gasteiger partial charge is 0.397 e. The van der Waals surface area contributed by atoms with Crippen LogP contribution in [0, 0.1) is 11.8 Å². The van der Waals surface area contributed by atoms with Crippen molar-refractivity contribution in [3.8, 4) is 5.75 Å². The highest BCUT2D eigenvalue weighted by atomic mass is 19.4. The van der Waals surface area contributed by atoms with Gasteiger partial charge in [0.2, 0.25) is 11.8 Å². The van der Waals surface area contributed by atoms with Crippen LogP contribution in [0.5, 0.6) is 5.75 Å². The molecule has 0 aromatic heterocycles. The van der Waals surface area contributed by atoms with Crippen molar-refractivity contribution >= 4 is 23.4 Å². The van der Waals surface area contributed by atoms with E-state index in [0.717, 1.165) is 0 Å². The number of rotatable bonds is 4. The highest BCUT2D eigenvalue weighted by molar-refractivity contribution is 5.99. The van der Waals surface area contributed by atoms with E-state index in [4.69, 9.17) is 14.2 Å². The van der Waals surface area contributed by atoms with Crippen LogP contribution < -0.4 is 10.1 Å². The number of ether oxygens (including phenoxy) is 3. The van der Waals surface area contributed by atoms with Crippen LogP contribution in [0.1, 0.15) is 43.5 Å². The van der Waals surface area contributed by atoms with Crippen molar-refractivity contribution in [2.75, 3.05) is 52.4 Å². The van der Waals surface area contributed by atoms with E-state index < -0.39 is 24.4 Å². The molecule has 0 saturated carbocycles. The van der Waals surface area contributed by atoms with Crippen molar-refractivity contribution in [2.45, 2.75) is 51.4 Å². The van der Waals surface area contributed by atoms with Crippen molar-refractivity contribution in [1.82, 2.24) is 9.80 Å². The fourth-order valence-corrected chi connectivity index (χ4v) is 4.73. The van der Waals surface area contributed by atoms with Crippen LogP contribution in [0.25, 0.3) is 0 Å². The van der Waals surface area contributed by atoms with Gasteiger partial charge in [-0.15, -0.1) is 0 Å². The van der Waals surface area contributed by atoms with Gasteiger partial charge in [0.15, 0.2) is 0 Å². The van der Waals surface area contributed by atoms with E-state index in [-0.39, 0.29) is 60.0 Å². The standard InChI is InChI=1S/C26H36F3N3O6/c1-16-13-32(24(34)18-7-9-37-10-8-18)17(2)15-38-21-6-5-19(30-23(33)12-26(27,28)29)11-20(21)25(35)31(3)14-22(16)36-4/h5-6,11,16-18,22H,7-10,12-15H2,1-4H3,(H,30,33)/t16-,17+,22+/m1/s1. The molecule has 1 saturated heterocycles. The summed E-state index contributed by atoms with van der Waals surface area (Å²) in [5, 5.41) is 2.19. The first-order chi connectivity index (χ1) is 17.9. The fraction of sp³-hybridized carbons (Fsp3) is 0.654. The van der Waals surface area contributed by atoms with E-state index >= 15 is 0 Å². The Morgan fingerprint density at radius 3 is 2.47 bits per heavy atom. The second kappa shape index (κ2) is 12.8. The van der Waals surface area contributed by atoms with E-state index in [1.807, 2.05) is 18.7 Å². The van der Waals surface area contributed by atoms with Gasteiger partial charge in [0.1, 0.15) is 18.8 Å². The number of carbonyl (C=O) groups is 3. The number of hydrogen-bond acceptors (Lipinski definition) is 6. The number of nitrogens with one attached hydrogen (secondary N) is 1. The molecule has 3 rings (SSSR count). The number of amides is 3. The van der Waals surface area contributed by atoms with Gasteiger partial charge in [-0.25, -0.2) is 0 Å². The van der Waals surface area contributed by atoms with Gasteiger partial charge < -0.3 is 29.3 Å². The van der Waals surface area contributed by atoms with Crippen molar-refractivity contribution < 1.29 is 41.8 Å². The van der Waals surface area contributed by atoms with Crippen molar-refractivity contribution in [3.63, 3.8) is 0 Å². The Bertz CT molecular complexity index is 999. The largest absolute Gasteiger partial charge is 0.491 e. The van der Waals surface area contributed by atoms with E-state index in [9.17, 15) is 27.6 Å². The third kappa shape index (κ3) is 7.83. The van der Waals surface area contributed by atoms with Gasteiger partial charge in [0, 0.05) is 58.0 Å². The van der Waals surface area contributed by atoms with Gasteiger partial charge in [0.25, 0.3) is 5.91 Å². The van der Waals surface area contributed by atoms with E-state index in [2.05, 4.69) is 5.32 Å². The zero-order valence-electron chi connectivity index (χ0n) is 22.2. The number of fused-ring (bicyclic) bond motifs is 1. The van der Waals surface area contributed by atoms with Crippen LogP contribution in [0.15, 0.2) is 18.2 Å². The Morgan fingerprint density at radius 2 is 1.84 bits per heavy atom. The first-order valence-corrected chi connectivity index (χ1v) is 12.7. The predicted octanol–water partition coefficient (Wildman–Crippen LogP) is 3.34. The number of methoxy groups -OCH3 is 1. The second-order valence-electron chi connectivity index (χ2n) is 10.0. The number of benzene rings is 1. The molecule has 12 heteroatoms.